The molecular formula is C23H30N4O4S. The number of nitrogens with one attached hydrogen (secondary N) is 1. The van der Waals surface area contributed by atoms with Crippen LogP contribution in [0.5, 0.6) is 0 Å². The van der Waals surface area contributed by atoms with Gasteiger partial charge >= 0.3 is 0 Å². The van der Waals surface area contributed by atoms with Gasteiger partial charge in [-0.15, -0.1) is 0 Å². The molecule has 1 N–H and O–H groups in total. The van der Waals surface area contributed by atoms with Crippen molar-refractivity contribution in [3.63, 3.8) is 0 Å². The molecule has 2 aromatic heterocycles. The van der Waals surface area contributed by atoms with Crippen LogP contribution in [0.25, 0.3) is 0 Å². The van der Waals surface area contributed by atoms with E-state index in [0.717, 1.165) is 16.8 Å². The third-order valence-electron chi connectivity index (χ3n) is 5.43. The molecule has 0 aliphatic carbocycles. The van der Waals surface area contributed by atoms with Crippen molar-refractivity contribution in [1.82, 2.24) is 14.1 Å². The van der Waals surface area contributed by atoms with E-state index in [-0.39, 0.29) is 29.8 Å². The molecule has 0 saturated carbocycles. The number of carbonyl (C=O) groups excluding carboxylic acids is 1. The number of nitrogens with zero attached hydrogens (tertiary/aromatic N) is 3. The second kappa shape index (κ2) is 9.30. The van der Waals surface area contributed by atoms with Crippen LogP contribution >= 0.6 is 0 Å². The number of rotatable bonds is 8. The SMILES string of the molecule is Cc1cccc(C(C)C)c1NC(=O)Cn1nc(C)c(S(=O)(=O)N(C)Cc2ccco2)c1C. The summed E-state index contributed by atoms with van der Waals surface area (Å²) < 4.78 is 34.3. The van der Waals surface area contributed by atoms with Gasteiger partial charge in [0.2, 0.25) is 15.9 Å². The van der Waals surface area contributed by atoms with Gasteiger partial charge in [0.15, 0.2) is 0 Å². The molecule has 0 bridgehead atoms. The fourth-order valence-corrected chi connectivity index (χ4v) is 5.23. The number of amides is 1. The number of carbonyl (C=O) groups is 1. The highest BCUT2D eigenvalue weighted by atomic mass is 32.2. The summed E-state index contributed by atoms with van der Waals surface area (Å²) in [7, 11) is -2.32. The van der Waals surface area contributed by atoms with Crippen LogP contribution in [0.2, 0.25) is 0 Å². The van der Waals surface area contributed by atoms with E-state index in [0.29, 0.717) is 17.1 Å². The Labute approximate surface area is 189 Å². The molecule has 3 aromatic rings. The van der Waals surface area contributed by atoms with Crippen molar-refractivity contribution in [3.05, 3.63) is 64.9 Å². The Morgan fingerprint density at radius 3 is 2.53 bits per heavy atom. The highest BCUT2D eigenvalue weighted by Crippen LogP contribution is 2.28. The minimum absolute atomic E-state index is 0.0873. The summed E-state index contributed by atoms with van der Waals surface area (Å²) in [4.78, 5) is 12.9. The van der Waals surface area contributed by atoms with Gasteiger partial charge in [-0.2, -0.15) is 9.40 Å². The van der Waals surface area contributed by atoms with Gasteiger partial charge < -0.3 is 9.73 Å². The molecule has 0 radical (unpaired) electrons. The Hall–Kier alpha value is -2.91. The van der Waals surface area contributed by atoms with Crippen LogP contribution in [0.1, 0.15) is 48.0 Å². The molecule has 9 heteroatoms. The molecule has 0 aliphatic heterocycles. The molecule has 0 fully saturated rings. The first kappa shape index (κ1) is 23.7. The maximum absolute atomic E-state index is 13.2. The number of benzene rings is 1. The molecular weight excluding hydrogens is 428 g/mol. The predicted octanol–water partition coefficient (Wildman–Crippen LogP) is 3.98. The molecule has 0 aliphatic rings. The van der Waals surface area contributed by atoms with Gasteiger partial charge in [-0.3, -0.25) is 9.48 Å². The van der Waals surface area contributed by atoms with Crippen molar-refractivity contribution in [2.45, 2.75) is 58.5 Å². The lowest BCUT2D eigenvalue weighted by Gasteiger charge is -2.17. The lowest BCUT2D eigenvalue weighted by molar-refractivity contribution is -0.117. The van der Waals surface area contributed by atoms with Gasteiger partial charge in [0.1, 0.15) is 17.2 Å². The molecule has 8 nitrogen and oxygen atoms in total. The topological polar surface area (TPSA) is 97.4 Å². The van der Waals surface area contributed by atoms with Crippen LogP contribution in [0.3, 0.4) is 0 Å². The molecule has 1 amide bonds. The maximum Gasteiger partial charge on any atom is 0.246 e. The largest absolute Gasteiger partial charge is 0.468 e. The van der Waals surface area contributed by atoms with Crippen molar-refractivity contribution < 1.29 is 17.6 Å². The zero-order valence-corrected chi connectivity index (χ0v) is 20.2. The maximum atomic E-state index is 13.2. The number of para-hydroxylation sites is 1. The molecule has 2 heterocycles. The molecule has 0 saturated heterocycles. The van der Waals surface area contributed by atoms with Crippen LogP contribution < -0.4 is 5.32 Å². The summed E-state index contributed by atoms with van der Waals surface area (Å²) in [6.07, 6.45) is 1.50. The minimum Gasteiger partial charge on any atom is -0.468 e. The van der Waals surface area contributed by atoms with Crippen LogP contribution in [0.15, 0.2) is 45.9 Å². The molecule has 1 aromatic carbocycles. The van der Waals surface area contributed by atoms with Gasteiger partial charge in [-0.05, 0) is 49.9 Å². The molecule has 3 rings (SSSR count). The number of aryl methyl sites for hydroxylation is 2. The standard InChI is InChI=1S/C23H30N4O4S/c1-15(2)20-11-7-9-16(3)22(20)24-21(28)14-27-18(5)23(17(4)25-27)32(29,30)26(6)13-19-10-8-12-31-19/h7-12,15H,13-14H2,1-6H3,(H,24,28). The Morgan fingerprint density at radius 1 is 1.19 bits per heavy atom. The van der Waals surface area contributed by atoms with Crippen molar-refractivity contribution in [2.24, 2.45) is 0 Å². The third kappa shape index (κ3) is 4.78. The van der Waals surface area contributed by atoms with E-state index in [2.05, 4.69) is 24.3 Å². The zero-order valence-electron chi connectivity index (χ0n) is 19.3. The average molecular weight is 459 g/mol. The highest BCUT2D eigenvalue weighted by Gasteiger charge is 2.29. The smallest absolute Gasteiger partial charge is 0.246 e. The van der Waals surface area contributed by atoms with Crippen LogP contribution in [0.4, 0.5) is 5.69 Å². The van der Waals surface area contributed by atoms with E-state index in [4.69, 9.17) is 4.42 Å². The first-order valence-corrected chi connectivity index (χ1v) is 11.9. The second-order valence-electron chi connectivity index (χ2n) is 8.24. The van der Waals surface area contributed by atoms with E-state index >= 15 is 0 Å². The Morgan fingerprint density at radius 2 is 1.91 bits per heavy atom. The Bertz CT molecular complexity index is 1210. The molecule has 0 unspecified atom stereocenters. The summed E-state index contributed by atoms with van der Waals surface area (Å²) >= 11 is 0. The second-order valence-corrected chi connectivity index (χ2v) is 10.2. The van der Waals surface area contributed by atoms with Gasteiger partial charge in [0.25, 0.3) is 0 Å². The van der Waals surface area contributed by atoms with Gasteiger partial charge in [0.05, 0.1) is 24.2 Å². The highest BCUT2D eigenvalue weighted by molar-refractivity contribution is 7.89. The lowest BCUT2D eigenvalue weighted by Crippen LogP contribution is -2.27. The number of anilines is 1. The van der Waals surface area contributed by atoms with Crippen LogP contribution in [-0.4, -0.2) is 35.5 Å². The molecule has 172 valence electrons. The number of hydrogen-bond acceptors (Lipinski definition) is 5. The Kier molecular flexibility index (Phi) is 6.90. The predicted molar refractivity (Wildman–Crippen MR) is 123 cm³/mol. The zero-order chi connectivity index (χ0) is 23.6. The summed E-state index contributed by atoms with van der Waals surface area (Å²) in [5.41, 5.74) is 3.58. The van der Waals surface area contributed by atoms with Crippen LogP contribution in [0, 0.1) is 20.8 Å². The number of hydrogen-bond donors (Lipinski definition) is 1. The first-order valence-electron chi connectivity index (χ1n) is 10.4. The van der Waals surface area contributed by atoms with E-state index in [1.807, 2.05) is 25.1 Å². The fourth-order valence-electron chi connectivity index (χ4n) is 3.73. The summed E-state index contributed by atoms with van der Waals surface area (Å²) in [5, 5.41) is 7.33. The monoisotopic (exact) mass is 458 g/mol. The third-order valence-corrected chi connectivity index (χ3v) is 7.48. The number of sulfonamides is 1. The van der Waals surface area contributed by atoms with E-state index in [1.165, 1.54) is 22.3 Å². The Balaban J connectivity index is 1.83. The van der Waals surface area contributed by atoms with E-state index in [1.54, 1.807) is 26.0 Å². The van der Waals surface area contributed by atoms with Crippen molar-refractivity contribution >= 4 is 21.6 Å². The van der Waals surface area contributed by atoms with Gasteiger partial charge in [0, 0.05) is 12.7 Å². The van der Waals surface area contributed by atoms with Crippen molar-refractivity contribution in [3.8, 4) is 0 Å². The summed E-state index contributed by atoms with van der Waals surface area (Å²) in [6.45, 7) is 9.40. The van der Waals surface area contributed by atoms with E-state index in [9.17, 15) is 13.2 Å². The number of aromatic nitrogens is 2. The molecule has 32 heavy (non-hydrogen) atoms. The van der Waals surface area contributed by atoms with Crippen molar-refractivity contribution in [1.29, 1.82) is 0 Å². The summed E-state index contributed by atoms with van der Waals surface area (Å²) in [5.74, 6) is 0.525. The van der Waals surface area contributed by atoms with Crippen LogP contribution in [-0.2, 0) is 27.9 Å². The average Bonchev–Trinajstić information content (AvgIpc) is 3.31. The minimum atomic E-state index is -3.82. The summed E-state index contributed by atoms with van der Waals surface area (Å²) in [6, 6.07) is 9.34. The van der Waals surface area contributed by atoms with E-state index < -0.39 is 10.0 Å². The number of furan rings is 1. The molecule has 0 spiro atoms. The first-order chi connectivity index (χ1) is 15.0. The lowest BCUT2D eigenvalue weighted by atomic mass is 9.98. The quantitative estimate of drug-likeness (QED) is 0.551. The van der Waals surface area contributed by atoms with Crippen molar-refractivity contribution in [2.75, 3.05) is 12.4 Å². The van der Waals surface area contributed by atoms with Gasteiger partial charge in [-0.25, -0.2) is 8.42 Å². The van der Waals surface area contributed by atoms with Gasteiger partial charge in [-0.1, -0.05) is 32.0 Å². The molecule has 0 atom stereocenters. The normalized spacial score (nSPS) is 12.0. The fraction of sp³-hybridized carbons (Fsp3) is 0.391.